The molecule has 0 fully saturated rings. The summed E-state index contributed by atoms with van der Waals surface area (Å²) in [6.07, 6.45) is 0.955. The molecule has 0 spiro atoms. The Balaban J connectivity index is 2.43. The van der Waals surface area contributed by atoms with Crippen LogP contribution in [0.15, 0.2) is 42.5 Å². The number of hydrogen-bond donors (Lipinski definition) is 2. The first kappa shape index (κ1) is 8.36. The van der Waals surface area contributed by atoms with E-state index in [0.29, 0.717) is 0 Å². The van der Waals surface area contributed by atoms with E-state index in [1.54, 1.807) is 6.07 Å². The predicted molar refractivity (Wildman–Crippen MR) is 60.4 cm³/mol. The van der Waals surface area contributed by atoms with Crippen LogP contribution in [0.25, 0.3) is 10.8 Å². The second kappa shape index (κ2) is 3.02. The lowest BCUT2D eigenvalue weighted by Crippen LogP contribution is -1.69. The highest BCUT2D eigenvalue weighted by molar-refractivity contribution is 5.82. The average Bonchev–Trinajstić information content (AvgIpc) is 2.94. The summed E-state index contributed by atoms with van der Waals surface area (Å²) in [6, 6.07) is 14.0. The molecule has 0 saturated carbocycles. The van der Waals surface area contributed by atoms with E-state index in [9.17, 15) is 5.11 Å². The number of hydrogen-bond acceptors (Lipinski definition) is 1. The van der Waals surface area contributed by atoms with E-state index in [0.717, 1.165) is 22.9 Å². The zero-order chi connectivity index (χ0) is 10.3. The maximum Gasteiger partial charge on any atom is 0.188 e. The third kappa shape index (κ3) is 1.54. The molecule has 2 nitrogen and oxygen atoms in total. The van der Waals surface area contributed by atoms with Gasteiger partial charge in [-0.2, -0.15) is 0 Å². The van der Waals surface area contributed by atoms with Crippen molar-refractivity contribution in [1.29, 1.82) is 0 Å². The van der Waals surface area contributed by atoms with Gasteiger partial charge in [0, 0.05) is 18.2 Å². The highest BCUT2D eigenvalue weighted by Gasteiger charge is 2.14. The number of H-pyrrole nitrogens is 1. The highest BCUT2D eigenvalue weighted by atomic mass is 16.3. The lowest BCUT2D eigenvalue weighted by atomic mass is 10.2. The van der Waals surface area contributed by atoms with Crippen molar-refractivity contribution in [3.05, 3.63) is 53.7 Å². The van der Waals surface area contributed by atoms with Crippen LogP contribution in [-0.2, 0) is 6.42 Å². The standard InChI is InChI=1S/C13H11NO/c15-13-8-10-4-2-1-3-9(10)5-6-11-7-12(11)14-13/h1-6,8,14-15H,7H2. The van der Waals surface area contributed by atoms with Gasteiger partial charge >= 0.3 is 0 Å². The van der Waals surface area contributed by atoms with Crippen LogP contribution in [0.1, 0.15) is 11.3 Å². The van der Waals surface area contributed by atoms with Crippen molar-refractivity contribution < 1.29 is 5.11 Å². The molecule has 1 aliphatic rings. The second-order valence-corrected chi connectivity index (χ2v) is 3.80. The zero-order valence-corrected chi connectivity index (χ0v) is 8.20. The molecule has 2 heteroatoms. The Morgan fingerprint density at radius 1 is 1.00 bits per heavy atom. The number of fused-ring (bicyclic) bond motifs is 2. The molecule has 0 saturated heterocycles. The number of benzene rings is 1. The van der Waals surface area contributed by atoms with Crippen molar-refractivity contribution in [2.75, 3.05) is 0 Å². The second-order valence-electron chi connectivity index (χ2n) is 3.80. The molecular formula is C13H11NO. The molecule has 15 heavy (non-hydrogen) atoms. The fourth-order valence-corrected chi connectivity index (χ4v) is 1.75. The van der Waals surface area contributed by atoms with E-state index in [2.05, 4.69) is 17.1 Å². The van der Waals surface area contributed by atoms with Gasteiger partial charge in [-0.3, -0.25) is 0 Å². The summed E-state index contributed by atoms with van der Waals surface area (Å²) in [7, 11) is 0. The summed E-state index contributed by atoms with van der Waals surface area (Å²) in [5, 5.41) is 11.8. The number of nitrogens with one attached hydrogen (secondary N) is 1. The van der Waals surface area contributed by atoms with Gasteiger partial charge in [0.1, 0.15) is 0 Å². The SMILES string of the molecule is Oc1cc2ccccc2ccc2c([nH]1)C2. The summed E-state index contributed by atoms with van der Waals surface area (Å²) in [5.41, 5.74) is 2.39. The van der Waals surface area contributed by atoms with Crippen molar-refractivity contribution >= 4 is 10.8 Å². The van der Waals surface area contributed by atoms with Crippen LogP contribution in [0.5, 0.6) is 5.88 Å². The van der Waals surface area contributed by atoms with Gasteiger partial charge < -0.3 is 10.1 Å². The zero-order valence-electron chi connectivity index (χ0n) is 8.20. The van der Waals surface area contributed by atoms with Crippen LogP contribution < -0.4 is 0 Å². The third-order valence-corrected chi connectivity index (χ3v) is 2.66. The predicted octanol–water partition coefficient (Wildman–Crippen LogP) is 2.90. The van der Waals surface area contributed by atoms with E-state index >= 15 is 0 Å². The minimum Gasteiger partial charge on any atom is -0.495 e. The molecule has 0 atom stereocenters. The first-order valence-electron chi connectivity index (χ1n) is 5.00. The van der Waals surface area contributed by atoms with Gasteiger partial charge in [-0.1, -0.05) is 36.4 Å². The van der Waals surface area contributed by atoms with Gasteiger partial charge in [0.15, 0.2) is 5.88 Å². The van der Waals surface area contributed by atoms with E-state index in [1.807, 2.05) is 24.3 Å². The first-order chi connectivity index (χ1) is 7.33. The van der Waals surface area contributed by atoms with E-state index < -0.39 is 0 Å². The molecule has 1 heterocycles. The fraction of sp³-hybridized carbons (Fsp3) is 0.0769. The van der Waals surface area contributed by atoms with E-state index in [4.69, 9.17) is 0 Å². The fourth-order valence-electron chi connectivity index (χ4n) is 1.75. The molecule has 0 aliphatic heterocycles. The largest absolute Gasteiger partial charge is 0.495 e. The number of aromatic hydroxyl groups is 1. The molecule has 3 rings (SSSR count). The number of aromatic nitrogens is 1. The molecular weight excluding hydrogens is 186 g/mol. The van der Waals surface area contributed by atoms with Crippen molar-refractivity contribution in [2.45, 2.75) is 6.42 Å². The lowest BCUT2D eigenvalue weighted by Gasteiger charge is -1.91. The number of aromatic amines is 1. The van der Waals surface area contributed by atoms with Crippen molar-refractivity contribution in [3.8, 4) is 5.88 Å². The maximum absolute atomic E-state index is 9.67. The Hall–Kier alpha value is -1.96. The Morgan fingerprint density at radius 2 is 1.80 bits per heavy atom. The van der Waals surface area contributed by atoms with Crippen LogP contribution in [0, 0.1) is 0 Å². The Morgan fingerprint density at radius 3 is 2.67 bits per heavy atom. The van der Waals surface area contributed by atoms with E-state index in [1.165, 1.54) is 5.56 Å². The van der Waals surface area contributed by atoms with Gasteiger partial charge in [0.25, 0.3) is 0 Å². The van der Waals surface area contributed by atoms with Crippen LogP contribution >= 0.6 is 0 Å². The van der Waals surface area contributed by atoms with Crippen LogP contribution in [0.2, 0.25) is 0 Å². The first-order valence-corrected chi connectivity index (χ1v) is 5.00. The van der Waals surface area contributed by atoms with Gasteiger partial charge in [-0.05, 0) is 16.3 Å². The van der Waals surface area contributed by atoms with Gasteiger partial charge in [-0.15, -0.1) is 0 Å². The van der Waals surface area contributed by atoms with Gasteiger partial charge in [0.05, 0.1) is 0 Å². The van der Waals surface area contributed by atoms with Crippen molar-refractivity contribution in [2.24, 2.45) is 0 Å². The van der Waals surface area contributed by atoms with Gasteiger partial charge in [-0.25, -0.2) is 0 Å². The van der Waals surface area contributed by atoms with Gasteiger partial charge in [0.2, 0.25) is 0 Å². The average molecular weight is 197 g/mol. The molecule has 2 N–H and O–H groups in total. The topological polar surface area (TPSA) is 36.0 Å². The van der Waals surface area contributed by atoms with Crippen molar-refractivity contribution in [1.82, 2.24) is 4.98 Å². The van der Waals surface area contributed by atoms with Crippen LogP contribution in [0.4, 0.5) is 0 Å². The molecule has 0 radical (unpaired) electrons. The summed E-state index contributed by atoms with van der Waals surface area (Å²) in [5.74, 6) is 0.219. The number of rotatable bonds is 0. The smallest absolute Gasteiger partial charge is 0.188 e. The van der Waals surface area contributed by atoms with E-state index in [-0.39, 0.29) is 5.88 Å². The summed E-state index contributed by atoms with van der Waals surface area (Å²) >= 11 is 0. The highest BCUT2D eigenvalue weighted by Crippen LogP contribution is 2.25. The molecule has 1 aromatic carbocycles. The molecule has 0 amide bonds. The molecule has 0 unspecified atom stereocenters. The lowest BCUT2D eigenvalue weighted by molar-refractivity contribution is 0.454. The minimum absolute atomic E-state index is 0.219. The Bertz CT molecular complexity index is 582. The third-order valence-electron chi connectivity index (χ3n) is 2.66. The maximum atomic E-state index is 9.67. The molecule has 74 valence electrons. The van der Waals surface area contributed by atoms with Crippen LogP contribution in [-0.4, -0.2) is 10.1 Å². The molecule has 1 aliphatic carbocycles. The quantitative estimate of drug-likeness (QED) is 0.571. The summed E-state index contributed by atoms with van der Waals surface area (Å²) in [6.45, 7) is 0. The van der Waals surface area contributed by atoms with Crippen molar-refractivity contribution in [3.63, 3.8) is 0 Å². The molecule has 1 aromatic heterocycles. The van der Waals surface area contributed by atoms with Crippen LogP contribution in [0.3, 0.4) is 0 Å². The minimum atomic E-state index is 0.219. The summed E-state index contributed by atoms with van der Waals surface area (Å²) in [4.78, 5) is 2.98. The monoisotopic (exact) mass is 197 g/mol. The molecule has 2 aromatic rings. The summed E-state index contributed by atoms with van der Waals surface area (Å²) < 4.78 is 0. The molecule has 0 bridgehead atoms. The Kier molecular flexibility index (Phi) is 1.68. The normalized spacial score (nSPS) is 12.0. The Labute approximate surface area is 87.5 Å².